The average Bonchev–Trinajstić information content (AvgIpc) is 2.80. The molecule has 0 aliphatic carbocycles. The summed E-state index contributed by atoms with van der Waals surface area (Å²) in [7, 11) is 1.29. The normalized spacial score (nSPS) is 10.9. The van der Waals surface area contributed by atoms with Gasteiger partial charge in [0.1, 0.15) is 11.6 Å². The number of methoxy groups -OCH3 is 1. The average molecular weight is 510 g/mol. The van der Waals surface area contributed by atoms with E-state index in [1.54, 1.807) is 18.2 Å². The van der Waals surface area contributed by atoms with Crippen molar-refractivity contribution in [3.63, 3.8) is 0 Å². The van der Waals surface area contributed by atoms with E-state index in [-0.39, 0.29) is 5.57 Å². The summed E-state index contributed by atoms with van der Waals surface area (Å²) in [4.78, 5) is 24.0. The highest BCUT2D eigenvalue weighted by atomic mass is 79.9. The number of halogens is 2. The number of carbonyl (C=O) groups is 2. The summed E-state index contributed by atoms with van der Waals surface area (Å²) < 4.78 is 5.65. The fourth-order valence-electron chi connectivity index (χ4n) is 2.96. The highest BCUT2D eigenvalue weighted by molar-refractivity contribution is 9.10. The van der Waals surface area contributed by atoms with Gasteiger partial charge in [0.25, 0.3) is 5.91 Å². The minimum absolute atomic E-state index is 0.0725. The Hall–Kier alpha value is -3.40. The second-order valence-corrected chi connectivity index (χ2v) is 8.07. The number of rotatable bonds is 6. The van der Waals surface area contributed by atoms with Gasteiger partial charge < -0.3 is 10.1 Å². The summed E-state index contributed by atoms with van der Waals surface area (Å²) in [5, 5.41) is 12.6. The summed E-state index contributed by atoms with van der Waals surface area (Å²) in [5.74, 6) is -1.04. The molecule has 0 unspecified atom stereocenters. The molecule has 160 valence electrons. The number of nitriles is 1. The molecule has 0 saturated heterocycles. The number of nitrogens with zero attached hydrogens (tertiary/aromatic N) is 1. The van der Waals surface area contributed by atoms with Crippen LogP contribution in [0.1, 0.15) is 27.0 Å². The number of nitrogens with one attached hydrogen (secondary N) is 1. The highest BCUT2D eigenvalue weighted by Gasteiger charge is 2.12. The Morgan fingerprint density at radius 2 is 1.81 bits per heavy atom. The lowest BCUT2D eigenvalue weighted by atomic mass is 10.0. The van der Waals surface area contributed by atoms with Crippen molar-refractivity contribution in [3.8, 4) is 6.07 Å². The molecular weight excluding hydrogens is 492 g/mol. The van der Waals surface area contributed by atoms with Crippen molar-refractivity contribution in [3.05, 3.63) is 104 Å². The number of hydrogen-bond acceptors (Lipinski definition) is 4. The molecular formula is C25H18BrClN2O3. The fourth-order valence-corrected chi connectivity index (χ4v) is 3.65. The van der Waals surface area contributed by atoms with E-state index in [1.165, 1.54) is 25.3 Å². The number of esters is 1. The minimum atomic E-state index is -0.563. The molecule has 5 nitrogen and oxygen atoms in total. The Labute approximate surface area is 199 Å². The SMILES string of the molecule is COC(=O)c1ccc(NC(=O)/C(C#N)=C/c2ccc(Cc3ccccc3Br)c(Cl)c2)cc1. The third-order valence-corrected chi connectivity index (χ3v) is 5.78. The molecule has 0 aliphatic rings. The van der Waals surface area contributed by atoms with Crippen LogP contribution in [0.15, 0.2) is 76.8 Å². The van der Waals surface area contributed by atoms with Gasteiger partial charge in [0.05, 0.1) is 12.7 Å². The van der Waals surface area contributed by atoms with E-state index >= 15 is 0 Å². The second-order valence-electron chi connectivity index (χ2n) is 6.81. The molecule has 32 heavy (non-hydrogen) atoms. The molecule has 0 bridgehead atoms. The van der Waals surface area contributed by atoms with E-state index in [4.69, 9.17) is 11.6 Å². The number of carbonyl (C=O) groups excluding carboxylic acids is 2. The largest absolute Gasteiger partial charge is 0.465 e. The van der Waals surface area contributed by atoms with Crippen LogP contribution in [-0.2, 0) is 16.0 Å². The van der Waals surface area contributed by atoms with Gasteiger partial charge in [-0.25, -0.2) is 4.79 Å². The molecule has 0 aliphatic heterocycles. The van der Waals surface area contributed by atoms with Gasteiger partial charge in [0, 0.05) is 21.6 Å². The third kappa shape index (κ3) is 5.85. The molecule has 3 aromatic carbocycles. The van der Waals surface area contributed by atoms with Crippen LogP contribution in [0.2, 0.25) is 5.02 Å². The zero-order valence-electron chi connectivity index (χ0n) is 17.1. The predicted molar refractivity (Wildman–Crippen MR) is 128 cm³/mol. The molecule has 0 atom stereocenters. The fraction of sp³-hybridized carbons (Fsp3) is 0.0800. The summed E-state index contributed by atoms with van der Waals surface area (Å²) in [6.45, 7) is 0. The van der Waals surface area contributed by atoms with Crippen LogP contribution in [0.3, 0.4) is 0 Å². The van der Waals surface area contributed by atoms with Crippen LogP contribution in [0.4, 0.5) is 5.69 Å². The highest BCUT2D eigenvalue weighted by Crippen LogP contribution is 2.26. The van der Waals surface area contributed by atoms with E-state index < -0.39 is 11.9 Å². The molecule has 0 fully saturated rings. The number of hydrogen-bond donors (Lipinski definition) is 1. The second kappa shape index (κ2) is 10.8. The molecule has 0 aromatic heterocycles. The zero-order valence-corrected chi connectivity index (χ0v) is 19.4. The number of anilines is 1. The Balaban J connectivity index is 1.74. The summed E-state index contributed by atoms with van der Waals surface area (Å²) in [6, 6.07) is 21.4. The first kappa shape index (κ1) is 23.3. The Morgan fingerprint density at radius 1 is 1.09 bits per heavy atom. The lowest BCUT2D eigenvalue weighted by Gasteiger charge is -2.08. The van der Waals surface area contributed by atoms with E-state index in [9.17, 15) is 14.9 Å². The van der Waals surface area contributed by atoms with E-state index in [0.29, 0.717) is 28.3 Å². The Morgan fingerprint density at radius 3 is 2.44 bits per heavy atom. The molecule has 3 rings (SSSR count). The van der Waals surface area contributed by atoms with E-state index in [2.05, 4.69) is 26.0 Å². The standard InChI is InChI=1S/C25H18BrClN2O3/c1-32-25(31)17-8-10-21(11-9-17)29-24(30)20(15-28)12-16-6-7-19(23(27)13-16)14-18-4-2-3-5-22(18)26/h2-13H,14H2,1H3,(H,29,30)/b20-12+. The van der Waals surface area contributed by atoms with E-state index in [1.807, 2.05) is 42.5 Å². The molecule has 0 spiro atoms. The Bertz CT molecular complexity index is 1230. The van der Waals surface area contributed by atoms with Crippen LogP contribution in [0.5, 0.6) is 0 Å². The van der Waals surface area contributed by atoms with Crippen molar-refractivity contribution < 1.29 is 14.3 Å². The molecule has 0 saturated carbocycles. The predicted octanol–water partition coefficient (Wildman–Crippen LogP) is 6.03. The van der Waals surface area contributed by atoms with Crippen molar-refractivity contribution in [2.75, 3.05) is 12.4 Å². The monoisotopic (exact) mass is 508 g/mol. The van der Waals surface area contributed by atoms with Crippen LogP contribution in [-0.4, -0.2) is 19.0 Å². The lowest BCUT2D eigenvalue weighted by molar-refractivity contribution is -0.112. The summed E-state index contributed by atoms with van der Waals surface area (Å²) in [6.07, 6.45) is 2.13. The third-order valence-electron chi connectivity index (χ3n) is 4.66. The molecule has 0 radical (unpaired) electrons. The van der Waals surface area contributed by atoms with Crippen LogP contribution in [0.25, 0.3) is 6.08 Å². The zero-order chi connectivity index (χ0) is 23.1. The number of benzene rings is 3. The maximum Gasteiger partial charge on any atom is 0.337 e. The van der Waals surface area contributed by atoms with Crippen LogP contribution < -0.4 is 5.32 Å². The molecule has 3 aromatic rings. The van der Waals surface area contributed by atoms with Gasteiger partial charge >= 0.3 is 5.97 Å². The first-order chi connectivity index (χ1) is 15.4. The van der Waals surface area contributed by atoms with Gasteiger partial charge in [-0.1, -0.05) is 57.9 Å². The summed E-state index contributed by atoms with van der Waals surface area (Å²) in [5.41, 5.74) is 3.41. The van der Waals surface area contributed by atoms with Gasteiger partial charge in [0.15, 0.2) is 0 Å². The number of ether oxygens (including phenoxy) is 1. The van der Waals surface area contributed by atoms with Gasteiger partial charge in [0.2, 0.25) is 0 Å². The smallest absolute Gasteiger partial charge is 0.337 e. The molecule has 7 heteroatoms. The molecule has 1 amide bonds. The maximum atomic E-state index is 12.5. The van der Waals surface area contributed by atoms with Crippen molar-refractivity contribution in [1.82, 2.24) is 0 Å². The Kier molecular flexibility index (Phi) is 7.82. The molecule has 0 heterocycles. The van der Waals surface area contributed by atoms with Crippen molar-refractivity contribution in [1.29, 1.82) is 5.26 Å². The summed E-state index contributed by atoms with van der Waals surface area (Å²) >= 11 is 9.99. The van der Waals surface area contributed by atoms with Gasteiger partial charge in [-0.3, -0.25) is 4.79 Å². The van der Waals surface area contributed by atoms with Crippen molar-refractivity contribution in [2.45, 2.75) is 6.42 Å². The van der Waals surface area contributed by atoms with E-state index in [0.717, 1.165) is 15.6 Å². The first-order valence-corrected chi connectivity index (χ1v) is 10.7. The maximum absolute atomic E-state index is 12.5. The van der Waals surface area contributed by atoms with Gasteiger partial charge in [-0.2, -0.15) is 5.26 Å². The molecule has 1 N–H and O–H groups in total. The number of amides is 1. The van der Waals surface area contributed by atoms with Crippen molar-refractivity contribution >= 4 is 51.2 Å². The van der Waals surface area contributed by atoms with Gasteiger partial charge in [-0.05, 0) is 59.2 Å². The lowest BCUT2D eigenvalue weighted by Crippen LogP contribution is -2.13. The quantitative estimate of drug-likeness (QED) is 0.250. The minimum Gasteiger partial charge on any atom is -0.465 e. The topological polar surface area (TPSA) is 79.2 Å². The van der Waals surface area contributed by atoms with Gasteiger partial charge in [-0.15, -0.1) is 0 Å². The van der Waals surface area contributed by atoms with Crippen molar-refractivity contribution in [2.24, 2.45) is 0 Å². The first-order valence-electron chi connectivity index (χ1n) is 9.54. The van der Waals surface area contributed by atoms with Crippen LogP contribution in [0, 0.1) is 11.3 Å². The van der Waals surface area contributed by atoms with Crippen LogP contribution >= 0.6 is 27.5 Å².